The number of aromatic nitrogens is 2. The average Bonchev–Trinajstić information content (AvgIpc) is 2.94. The molecule has 0 aliphatic carbocycles. The number of rotatable bonds is 8. The fourth-order valence-electron chi connectivity index (χ4n) is 3.07. The van der Waals surface area contributed by atoms with Crippen molar-refractivity contribution in [3.05, 3.63) is 11.8 Å². The number of fused-ring (bicyclic) bond motifs is 1. The SMILES string of the molecule is CCN(CC)CCCNC(=O)[C@H](C)N1C(=O)CCn2nc(C)cc21. The van der Waals surface area contributed by atoms with Gasteiger partial charge in [-0.3, -0.25) is 14.5 Å². The standard InChI is InChI=1S/C17H29N5O2/c1-5-20(6-2)10-7-9-18-17(24)14(4)22-15-12-13(3)19-21(15)11-8-16(22)23/h12,14H,5-11H2,1-4H3,(H,18,24)/t14-/m0/s1. The fraction of sp³-hybridized carbons (Fsp3) is 0.706. The van der Waals surface area contributed by atoms with Crippen LogP contribution in [0.25, 0.3) is 0 Å². The zero-order valence-electron chi connectivity index (χ0n) is 15.2. The molecule has 0 bridgehead atoms. The molecule has 1 aliphatic heterocycles. The predicted molar refractivity (Wildman–Crippen MR) is 93.9 cm³/mol. The summed E-state index contributed by atoms with van der Waals surface area (Å²) >= 11 is 0. The lowest BCUT2D eigenvalue weighted by molar-refractivity contribution is -0.126. The summed E-state index contributed by atoms with van der Waals surface area (Å²) in [6, 6.07) is 1.34. The first-order valence-corrected chi connectivity index (χ1v) is 8.84. The van der Waals surface area contributed by atoms with E-state index in [-0.39, 0.29) is 11.8 Å². The summed E-state index contributed by atoms with van der Waals surface area (Å²) in [5, 5.41) is 7.33. The van der Waals surface area contributed by atoms with Crippen LogP contribution < -0.4 is 10.2 Å². The van der Waals surface area contributed by atoms with E-state index in [4.69, 9.17) is 0 Å². The van der Waals surface area contributed by atoms with Gasteiger partial charge < -0.3 is 10.2 Å². The van der Waals surface area contributed by atoms with Crippen molar-refractivity contribution in [2.24, 2.45) is 0 Å². The highest BCUT2D eigenvalue weighted by Crippen LogP contribution is 2.24. The molecule has 2 rings (SSSR count). The summed E-state index contributed by atoms with van der Waals surface area (Å²) in [6.45, 7) is 12.2. The van der Waals surface area contributed by atoms with Gasteiger partial charge in [-0.1, -0.05) is 13.8 Å². The summed E-state index contributed by atoms with van der Waals surface area (Å²) in [4.78, 5) is 28.6. The van der Waals surface area contributed by atoms with E-state index in [0.717, 1.165) is 37.6 Å². The highest BCUT2D eigenvalue weighted by Gasteiger charge is 2.32. The van der Waals surface area contributed by atoms with Crippen molar-refractivity contribution < 1.29 is 9.59 Å². The number of amides is 2. The van der Waals surface area contributed by atoms with E-state index in [1.54, 1.807) is 16.5 Å². The Kier molecular flexibility index (Phi) is 6.36. The molecule has 1 aromatic rings. The van der Waals surface area contributed by atoms with Crippen LogP contribution in [0.15, 0.2) is 6.07 Å². The van der Waals surface area contributed by atoms with E-state index in [1.807, 2.05) is 13.0 Å². The van der Waals surface area contributed by atoms with Crippen molar-refractivity contribution in [1.82, 2.24) is 20.0 Å². The lowest BCUT2D eigenvalue weighted by Gasteiger charge is -2.32. The Balaban J connectivity index is 1.92. The summed E-state index contributed by atoms with van der Waals surface area (Å²) in [5.74, 6) is 0.581. The maximum Gasteiger partial charge on any atom is 0.242 e. The molecule has 0 aromatic carbocycles. The predicted octanol–water partition coefficient (Wildman–Crippen LogP) is 1.16. The van der Waals surface area contributed by atoms with Crippen LogP contribution in [-0.4, -0.2) is 58.7 Å². The first-order valence-electron chi connectivity index (χ1n) is 8.84. The number of anilines is 1. The molecule has 7 heteroatoms. The first kappa shape index (κ1) is 18.4. The third kappa shape index (κ3) is 4.14. The molecule has 1 N–H and O–H groups in total. The van der Waals surface area contributed by atoms with Crippen molar-refractivity contribution in [2.45, 2.75) is 53.1 Å². The Bertz CT molecular complexity index is 580. The van der Waals surface area contributed by atoms with Gasteiger partial charge in [-0.05, 0) is 39.9 Å². The topological polar surface area (TPSA) is 70.5 Å². The van der Waals surface area contributed by atoms with Crippen molar-refractivity contribution in [3.8, 4) is 0 Å². The maximum absolute atomic E-state index is 12.4. The summed E-state index contributed by atoms with van der Waals surface area (Å²) in [6.07, 6.45) is 1.29. The Morgan fingerprint density at radius 3 is 2.79 bits per heavy atom. The molecule has 2 heterocycles. The fourth-order valence-corrected chi connectivity index (χ4v) is 3.07. The van der Waals surface area contributed by atoms with E-state index in [2.05, 4.69) is 29.2 Å². The zero-order valence-corrected chi connectivity index (χ0v) is 15.2. The Morgan fingerprint density at radius 1 is 1.42 bits per heavy atom. The first-order chi connectivity index (χ1) is 11.5. The Hall–Kier alpha value is -1.89. The molecule has 1 aliphatic rings. The Morgan fingerprint density at radius 2 is 2.12 bits per heavy atom. The van der Waals surface area contributed by atoms with Crippen LogP contribution in [0.2, 0.25) is 0 Å². The summed E-state index contributed by atoms with van der Waals surface area (Å²) in [7, 11) is 0. The van der Waals surface area contributed by atoms with Gasteiger partial charge in [0, 0.05) is 19.0 Å². The van der Waals surface area contributed by atoms with Gasteiger partial charge in [-0.2, -0.15) is 5.10 Å². The number of nitrogens with zero attached hydrogens (tertiary/aromatic N) is 4. The van der Waals surface area contributed by atoms with Crippen molar-refractivity contribution in [3.63, 3.8) is 0 Å². The molecule has 134 valence electrons. The molecular weight excluding hydrogens is 306 g/mol. The van der Waals surface area contributed by atoms with Crippen molar-refractivity contribution >= 4 is 17.6 Å². The van der Waals surface area contributed by atoms with Gasteiger partial charge in [0.2, 0.25) is 11.8 Å². The molecule has 2 amide bonds. The van der Waals surface area contributed by atoms with E-state index < -0.39 is 6.04 Å². The van der Waals surface area contributed by atoms with Gasteiger partial charge in [0.25, 0.3) is 0 Å². The molecule has 0 spiro atoms. The van der Waals surface area contributed by atoms with Gasteiger partial charge in [0.1, 0.15) is 11.9 Å². The smallest absolute Gasteiger partial charge is 0.242 e. The third-order valence-electron chi connectivity index (χ3n) is 4.55. The van der Waals surface area contributed by atoms with Gasteiger partial charge >= 0.3 is 0 Å². The second-order valence-electron chi connectivity index (χ2n) is 6.23. The number of carbonyl (C=O) groups excluding carboxylic acids is 2. The van der Waals surface area contributed by atoms with Crippen LogP contribution in [0, 0.1) is 6.92 Å². The van der Waals surface area contributed by atoms with E-state index in [9.17, 15) is 9.59 Å². The maximum atomic E-state index is 12.4. The molecule has 0 unspecified atom stereocenters. The minimum Gasteiger partial charge on any atom is -0.354 e. The summed E-state index contributed by atoms with van der Waals surface area (Å²) < 4.78 is 1.81. The van der Waals surface area contributed by atoms with Crippen LogP contribution in [0.3, 0.4) is 0 Å². The van der Waals surface area contributed by atoms with Gasteiger partial charge in [-0.25, -0.2) is 4.68 Å². The van der Waals surface area contributed by atoms with Crippen LogP contribution in [0.1, 0.15) is 39.3 Å². The molecule has 7 nitrogen and oxygen atoms in total. The molecule has 24 heavy (non-hydrogen) atoms. The monoisotopic (exact) mass is 335 g/mol. The van der Waals surface area contributed by atoms with E-state index in [1.165, 1.54) is 0 Å². The molecule has 0 fully saturated rings. The highest BCUT2D eigenvalue weighted by molar-refractivity contribution is 6.00. The van der Waals surface area contributed by atoms with Crippen LogP contribution in [-0.2, 0) is 16.1 Å². The molecule has 0 saturated heterocycles. The van der Waals surface area contributed by atoms with E-state index >= 15 is 0 Å². The third-order valence-corrected chi connectivity index (χ3v) is 4.55. The number of nitrogens with one attached hydrogen (secondary N) is 1. The number of hydrogen-bond donors (Lipinski definition) is 1. The lowest BCUT2D eigenvalue weighted by atomic mass is 10.2. The number of aryl methyl sites for hydroxylation is 2. The highest BCUT2D eigenvalue weighted by atomic mass is 16.2. The quantitative estimate of drug-likeness (QED) is 0.724. The van der Waals surface area contributed by atoms with Gasteiger partial charge in [0.15, 0.2) is 0 Å². The molecule has 1 atom stereocenters. The van der Waals surface area contributed by atoms with Gasteiger partial charge in [-0.15, -0.1) is 0 Å². The van der Waals surface area contributed by atoms with Crippen molar-refractivity contribution in [1.29, 1.82) is 0 Å². The molecule has 1 aromatic heterocycles. The molecule has 0 saturated carbocycles. The minimum absolute atomic E-state index is 0.0202. The molecule has 0 radical (unpaired) electrons. The second-order valence-corrected chi connectivity index (χ2v) is 6.23. The minimum atomic E-state index is -0.527. The Labute approximate surface area is 144 Å². The molecular formula is C17H29N5O2. The van der Waals surface area contributed by atoms with Crippen LogP contribution in [0.4, 0.5) is 5.82 Å². The zero-order chi connectivity index (χ0) is 17.7. The van der Waals surface area contributed by atoms with Crippen LogP contribution in [0.5, 0.6) is 0 Å². The number of carbonyl (C=O) groups is 2. The average molecular weight is 335 g/mol. The second kappa shape index (κ2) is 8.28. The largest absolute Gasteiger partial charge is 0.354 e. The van der Waals surface area contributed by atoms with E-state index in [0.29, 0.717) is 19.5 Å². The van der Waals surface area contributed by atoms with Crippen molar-refractivity contribution in [2.75, 3.05) is 31.1 Å². The van der Waals surface area contributed by atoms with Crippen LogP contribution >= 0.6 is 0 Å². The number of hydrogen-bond acceptors (Lipinski definition) is 4. The summed E-state index contributed by atoms with van der Waals surface area (Å²) in [5.41, 5.74) is 0.858. The van der Waals surface area contributed by atoms with Gasteiger partial charge in [0.05, 0.1) is 12.2 Å². The normalized spacial score (nSPS) is 15.5. The lowest BCUT2D eigenvalue weighted by Crippen LogP contribution is -2.51.